The number of thiazole rings is 1. The standard InChI is InChI=1S/C20H17N3O3S/c24-19(12-11-14-6-1-3-8-16(14)23(25)26)22-13-5-9-17(22)20-21-15-7-2-4-10-18(15)27-20/h1-4,6-8,10-12,17H,5,9,13H2/b12-11+/t17-/m1/s1. The lowest BCUT2D eigenvalue weighted by Crippen LogP contribution is -2.28. The van der Waals surface area contributed by atoms with Gasteiger partial charge in [-0.25, -0.2) is 4.98 Å². The molecule has 1 aromatic heterocycles. The lowest BCUT2D eigenvalue weighted by Gasteiger charge is -2.21. The summed E-state index contributed by atoms with van der Waals surface area (Å²) < 4.78 is 1.11. The Labute approximate surface area is 159 Å². The highest BCUT2D eigenvalue weighted by Gasteiger charge is 2.31. The van der Waals surface area contributed by atoms with E-state index in [0.717, 1.165) is 28.1 Å². The molecule has 27 heavy (non-hydrogen) atoms. The third-order valence-electron chi connectivity index (χ3n) is 4.67. The maximum absolute atomic E-state index is 12.7. The molecule has 6 nitrogen and oxygen atoms in total. The fourth-order valence-electron chi connectivity index (χ4n) is 3.37. The third-order valence-corrected chi connectivity index (χ3v) is 5.81. The number of nitro benzene ring substituents is 1. The van der Waals surface area contributed by atoms with Gasteiger partial charge in [0.1, 0.15) is 5.01 Å². The van der Waals surface area contributed by atoms with Crippen molar-refractivity contribution in [2.24, 2.45) is 0 Å². The van der Waals surface area contributed by atoms with Crippen molar-refractivity contribution in [1.29, 1.82) is 0 Å². The second-order valence-corrected chi connectivity index (χ2v) is 7.42. The molecular weight excluding hydrogens is 362 g/mol. The topological polar surface area (TPSA) is 76.3 Å². The summed E-state index contributed by atoms with van der Waals surface area (Å²) in [4.78, 5) is 29.9. The van der Waals surface area contributed by atoms with E-state index in [9.17, 15) is 14.9 Å². The Morgan fingerprint density at radius 1 is 1.22 bits per heavy atom. The van der Waals surface area contributed by atoms with E-state index < -0.39 is 4.92 Å². The van der Waals surface area contributed by atoms with Crippen LogP contribution in [0.15, 0.2) is 54.6 Å². The second-order valence-electron chi connectivity index (χ2n) is 6.36. The van der Waals surface area contributed by atoms with Crippen LogP contribution >= 0.6 is 11.3 Å². The first-order valence-electron chi connectivity index (χ1n) is 8.71. The summed E-state index contributed by atoms with van der Waals surface area (Å²) in [6.45, 7) is 0.667. The summed E-state index contributed by atoms with van der Waals surface area (Å²) in [6, 6.07) is 14.3. The molecule has 0 radical (unpaired) electrons. The van der Waals surface area contributed by atoms with Crippen LogP contribution in [0.1, 0.15) is 29.5 Å². The molecule has 7 heteroatoms. The molecule has 0 N–H and O–H groups in total. The minimum Gasteiger partial charge on any atom is -0.330 e. The molecule has 1 fully saturated rings. The summed E-state index contributed by atoms with van der Waals surface area (Å²) in [5, 5.41) is 12.1. The van der Waals surface area contributed by atoms with Gasteiger partial charge in [0.2, 0.25) is 5.91 Å². The van der Waals surface area contributed by atoms with Gasteiger partial charge in [-0.3, -0.25) is 14.9 Å². The molecule has 1 saturated heterocycles. The SMILES string of the molecule is O=C(/C=C/c1ccccc1[N+](=O)[O-])N1CCC[C@@H]1c1nc2ccccc2s1. The molecule has 1 aliphatic heterocycles. The van der Waals surface area contributed by atoms with Crippen molar-refractivity contribution >= 4 is 39.2 Å². The molecular formula is C20H17N3O3S. The van der Waals surface area contributed by atoms with E-state index in [-0.39, 0.29) is 17.6 Å². The van der Waals surface area contributed by atoms with E-state index in [0.29, 0.717) is 12.1 Å². The van der Waals surface area contributed by atoms with Gasteiger partial charge in [-0.2, -0.15) is 0 Å². The normalized spacial score (nSPS) is 17.0. The number of fused-ring (bicyclic) bond motifs is 1. The molecule has 2 aromatic carbocycles. The average Bonchev–Trinajstić information content (AvgIpc) is 3.32. The van der Waals surface area contributed by atoms with E-state index in [4.69, 9.17) is 4.98 Å². The molecule has 0 spiro atoms. The lowest BCUT2D eigenvalue weighted by molar-refractivity contribution is -0.385. The molecule has 0 unspecified atom stereocenters. The van der Waals surface area contributed by atoms with E-state index in [1.807, 2.05) is 29.2 Å². The molecule has 0 saturated carbocycles. The van der Waals surface area contributed by atoms with Gasteiger partial charge < -0.3 is 4.90 Å². The molecule has 3 aromatic rings. The Kier molecular flexibility index (Phi) is 4.68. The number of likely N-dealkylation sites (tertiary alicyclic amines) is 1. The summed E-state index contributed by atoms with van der Waals surface area (Å²) in [5.41, 5.74) is 1.37. The summed E-state index contributed by atoms with van der Waals surface area (Å²) in [5.74, 6) is -0.144. The Morgan fingerprint density at radius 2 is 2.00 bits per heavy atom. The van der Waals surface area contributed by atoms with E-state index in [1.165, 1.54) is 18.2 Å². The number of para-hydroxylation sites is 2. The number of hydrogen-bond donors (Lipinski definition) is 0. The molecule has 1 atom stereocenters. The zero-order valence-electron chi connectivity index (χ0n) is 14.4. The highest BCUT2D eigenvalue weighted by Crippen LogP contribution is 2.36. The fraction of sp³-hybridized carbons (Fsp3) is 0.200. The van der Waals surface area contributed by atoms with Gasteiger partial charge in [0.05, 0.1) is 26.7 Å². The first-order chi connectivity index (χ1) is 13.1. The first-order valence-corrected chi connectivity index (χ1v) is 9.53. The molecule has 136 valence electrons. The van der Waals surface area contributed by atoms with E-state index in [2.05, 4.69) is 0 Å². The number of carbonyl (C=O) groups excluding carboxylic acids is 1. The van der Waals surface area contributed by atoms with Crippen LogP contribution in [-0.2, 0) is 4.79 Å². The maximum Gasteiger partial charge on any atom is 0.276 e. The van der Waals surface area contributed by atoms with Crippen LogP contribution in [0.3, 0.4) is 0 Å². The monoisotopic (exact) mass is 379 g/mol. The van der Waals surface area contributed by atoms with E-state index >= 15 is 0 Å². The van der Waals surface area contributed by atoms with Crippen LogP contribution in [0.25, 0.3) is 16.3 Å². The number of nitro groups is 1. The lowest BCUT2D eigenvalue weighted by atomic mass is 10.1. The Morgan fingerprint density at radius 3 is 2.81 bits per heavy atom. The quantitative estimate of drug-likeness (QED) is 0.378. The highest BCUT2D eigenvalue weighted by atomic mass is 32.1. The smallest absolute Gasteiger partial charge is 0.276 e. The van der Waals surface area contributed by atoms with Crippen LogP contribution in [0, 0.1) is 10.1 Å². The second kappa shape index (κ2) is 7.28. The van der Waals surface area contributed by atoms with Crippen LogP contribution in [0.4, 0.5) is 5.69 Å². The largest absolute Gasteiger partial charge is 0.330 e. The van der Waals surface area contributed by atoms with E-state index in [1.54, 1.807) is 29.5 Å². The maximum atomic E-state index is 12.7. The number of hydrogen-bond acceptors (Lipinski definition) is 5. The number of rotatable bonds is 4. The van der Waals surface area contributed by atoms with Crippen molar-refractivity contribution < 1.29 is 9.72 Å². The third kappa shape index (κ3) is 3.46. The molecule has 4 rings (SSSR count). The zero-order chi connectivity index (χ0) is 18.8. The summed E-state index contributed by atoms with van der Waals surface area (Å²) >= 11 is 1.62. The van der Waals surface area contributed by atoms with Gasteiger partial charge >= 0.3 is 0 Å². The molecule has 1 amide bonds. The molecule has 2 heterocycles. The van der Waals surface area contributed by atoms with Gasteiger partial charge in [-0.1, -0.05) is 24.3 Å². The van der Waals surface area contributed by atoms with Gasteiger partial charge in [-0.05, 0) is 37.1 Å². The van der Waals surface area contributed by atoms with Gasteiger partial charge in [0, 0.05) is 18.7 Å². The predicted octanol–water partition coefficient (Wildman–Crippen LogP) is 4.58. The van der Waals surface area contributed by atoms with Crippen LogP contribution in [-0.4, -0.2) is 27.3 Å². The average molecular weight is 379 g/mol. The minimum atomic E-state index is -0.441. The number of carbonyl (C=O) groups is 1. The van der Waals surface area contributed by atoms with Crippen molar-refractivity contribution in [2.75, 3.05) is 6.54 Å². The van der Waals surface area contributed by atoms with Crippen LogP contribution < -0.4 is 0 Å². The summed E-state index contributed by atoms with van der Waals surface area (Å²) in [7, 11) is 0. The van der Waals surface area contributed by atoms with Crippen molar-refractivity contribution in [3.8, 4) is 0 Å². The summed E-state index contributed by atoms with van der Waals surface area (Å²) in [6.07, 6.45) is 4.75. The Balaban J connectivity index is 1.57. The van der Waals surface area contributed by atoms with Crippen molar-refractivity contribution in [2.45, 2.75) is 18.9 Å². The first kappa shape index (κ1) is 17.4. The van der Waals surface area contributed by atoms with Gasteiger partial charge in [-0.15, -0.1) is 11.3 Å². The predicted molar refractivity (Wildman–Crippen MR) is 105 cm³/mol. The number of benzene rings is 2. The number of amides is 1. The molecule has 0 bridgehead atoms. The number of nitrogens with zero attached hydrogens (tertiary/aromatic N) is 3. The zero-order valence-corrected chi connectivity index (χ0v) is 15.3. The number of aromatic nitrogens is 1. The van der Waals surface area contributed by atoms with Crippen molar-refractivity contribution in [3.05, 3.63) is 75.3 Å². The Bertz CT molecular complexity index is 1010. The minimum absolute atomic E-state index is 0.00862. The highest BCUT2D eigenvalue weighted by molar-refractivity contribution is 7.18. The van der Waals surface area contributed by atoms with Crippen LogP contribution in [0.2, 0.25) is 0 Å². The van der Waals surface area contributed by atoms with Crippen molar-refractivity contribution in [1.82, 2.24) is 9.88 Å². The van der Waals surface area contributed by atoms with Gasteiger partial charge in [0.25, 0.3) is 5.69 Å². The Hall–Kier alpha value is -3.06. The van der Waals surface area contributed by atoms with Crippen molar-refractivity contribution in [3.63, 3.8) is 0 Å². The fourth-order valence-corrected chi connectivity index (χ4v) is 4.49. The van der Waals surface area contributed by atoms with Crippen LogP contribution in [0.5, 0.6) is 0 Å². The molecule has 1 aliphatic rings. The van der Waals surface area contributed by atoms with Gasteiger partial charge in [0.15, 0.2) is 0 Å². The molecule has 0 aliphatic carbocycles.